The van der Waals surface area contributed by atoms with Gasteiger partial charge in [-0.15, -0.1) is 5.10 Å². The molecule has 1 aliphatic carbocycles. The van der Waals surface area contributed by atoms with E-state index in [-0.39, 0.29) is 0 Å². The molecular formula is C16H23N7. The molecule has 7 nitrogen and oxygen atoms in total. The molecule has 0 N–H and O–H groups in total. The average molecular weight is 313 g/mol. The van der Waals surface area contributed by atoms with Gasteiger partial charge in [-0.3, -0.25) is 9.58 Å². The van der Waals surface area contributed by atoms with Crippen molar-refractivity contribution in [1.29, 1.82) is 0 Å². The van der Waals surface area contributed by atoms with Crippen molar-refractivity contribution in [2.45, 2.75) is 38.3 Å². The molecule has 4 rings (SSSR count). The Kier molecular flexibility index (Phi) is 3.95. The molecule has 0 radical (unpaired) electrons. The Morgan fingerprint density at radius 3 is 2.91 bits per heavy atom. The van der Waals surface area contributed by atoms with Gasteiger partial charge >= 0.3 is 0 Å². The molecule has 23 heavy (non-hydrogen) atoms. The van der Waals surface area contributed by atoms with Crippen LogP contribution in [-0.4, -0.2) is 62.6 Å². The van der Waals surface area contributed by atoms with Gasteiger partial charge in [0, 0.05) is 25.7 Å². The molecule has 1 fully saturated rings. The number of aromatic nitrogens is 5. The van der Waals surface area contributed by atoms with Crippen molar-refractivity contribution < 1.29 is 0 Å². The van der Waals surface area contributed by atoms with Crippen molar-refractivity contribution in [2.24, 2.45) is 0 Å². The SMILES string of the molecule is CN(CCn1cncn1)C1CN(c2cc3c(nn2)CCCC3)C1. The third kappa shape index (κ3) is 3.06. The van der Waals surface area contributed by atoms with Gasteiger partial charge < -0.3 is 4.90 Å². The smallest absolute Gasteiger partial charge is 0.151 e. The molecular weight excluding hydrogens is 290 g/mol. The van der Waals surface area contributed by atoms with Crippen molar-refractivity contribution in [2.75, 3.05) is 31.6 Å². The second-order valence-electron chi connectivity index (χ2n) is 6.58. The Balaban J connectivity index is 1.30. The minimum absolute atomic E-state index is 0.580. The number of aryl methyl sites for hydroxylation is 2. The van der Waals surface area contributed by atoms with Crippen LogP contribution < -0.4 is 4.90 Å². The normalized spacial score (nSPS) is 18.1. The zero-order chi connectivity index (χ0) is 15.6. The number of anilines is 1. The predicted octanol–water partition coefficient (Wildman–Crippen LogP) is 0.767. The summed E-state index contributed by atoms with van der Waals surface area (Å²) in [5.41, 5.74) is 2.62. The lowest BCUT2D eigenvalue weighted by atomic mass is 9.96. The first-order valence-corrected chi connectivity index (χ1v) is 8.42. The molecule has 0 amide bonds. The maximum atomic E-state index is 4.44. The second kappa shape index (κ2) is 6.23. The van der Waals surface area contributed by atoms with Gasteiger partial charge in [-0.05, 0) is 44.4 Å². The van der Waals surface area contributed by atoms with E-state index in [1.54, 1.807) is 12.7 Å². The van der Waals surface area contributed by atoms with Crippen LogP contribution in [0.25, 0.3) is 0 Å². The van der Waals surface area contributed by atoms with E-state index in [2.05, 4.69) is 43.2 Å². The highest BCUT2D eigenvalue weighted by Crippen LogP contribution is 2.25. The van der Waals surface area contributed by atoms with Crippen LogP contribution in [-0.2, 0) is 19.4 Å². The molecule has 0 atom stereocenters. The molecule has 2 aliphatic rings. The number of fused-ring (bicyclic) bond motifs is 1. The quantitative estimate of drug-likeness (QED) is 0.812. The fourth-order valence-electron chi connectivity index (χ4n) is 3.35. The summed E-state index contributed by atoms with van der Waals surface area (Å²) in [6.45, 7) is 3.92. The highest BCUT2D eigenvalue weighted by Gasteiger charge is 2.31. The van der Waals surface area contributed by atoms with Gasteiger partial charge in [0.1, 0.15) is 12.7 Å². The number of rotatable bonds is 5. The highest BCUT2D eigenvalue weighted by atomic mass is 15.4. The molecule has 0 spiro atoms. The molecule has 2 aromatic rings. The summed E-state index contributed by atoms with van der Waals surface area (Å²) in [6.07, 6.45) is 8.14. The van der Waals surface area contributed by atoms with Gasteiger partial charge in [-0.1, -0.05) is 0 Å². The molecule has 0 unspecified atom stereocenters. The maximum Gasteiger partial charge on any atom is 0.151 e. The van der Waals surface area contributed by atoms with Crippen LogP contribution in [0.2, 0.25) is 0 Å². The first-order chi connectivity index (χ1) is 11.3. The van der Waals surface area contributed by atoms with E-state index in [4.69, 9.17) is 0 Å². The van der Waals surface area contributed by atoms with Gasteiger partial charge in [0.2, 0.25) is 0 Å². The highest BCUT2D eigenvalue weighted by molar-refractivity contribution is 5.45. The summed E-state index contributed by atoms with van der Waals surface area (Å²) in [4.78, 5) is 8.70. The van der Waals surface area contributed by atoms with E-state index >= 15 is 0 Å². The van der Waals surface area contributed by atoms with E-state index in [1.165, 1.54) is 24.1 Å². The van der Waals surface area contributed by atoms with Crippen LogP contribution in [0.15, 0.2) is 18.7 Å². The predicted molar refractivity (Wildman–Crippen MR) is 87.3 cm³/mol. The molecule has 0 aromatic carbocycles. The van der Waals surface area contributed by atoms with E-state index in [0.717, 1.165) is 44.8 Å². The Hall–Kier alpha value is -2.02. The molecule has 122 valence electrons. The summed E-state index contributed by atoms with van der Waals surface area (Å²) in [6, 6.07) is 2.84. The number of likely N-dealkylation sites (N-methyl/N-ethyl adjacent to an activating group) is 1. The second-order valence-corrected chi connectivity index (χ2v) is 6.58. The molecule has 1 aliphatic heterocycles. The van der Waals surface area contributed by atoms with Gasteiger partial charge in [0.15, 0.2) is 5.82 Å². The topological polar surface area (TPSA) is 63.0 Å². The van der Waals surface area contributed by atoms with E-state index < -0.39 is 0 Å². The fraction of sp³-hybridized carbons (Fsp3) is 0.625. The lowest BCUT2D eigenvalue weighted by Crippen LogP contribution is -2.59. The number of nitrogens with zero attached hydrogens (tertiary/aromatic N) is 7. The van der Waals surface area contributed by atoms with Gasteiger partial charge in [-0.2, -0.15) is 10.2 Å². The monoisotopic (exact) mass is 313 g/mol. The third-order valence-corrected chi connectivity index (χ3v) is 5.01. The Morgan fingerprint density at radius 1 is 1.22 bits per heavy atom. The van der Waals surface area contributed by atoms with Crippen LogP contribution in [0.5, 0.6) is 0 Å². The number of hydrogen-bond acceptors (Lipinski definition) is 6. The van der Waals surface area contributed by atoms with Crippen molar-refractivity contribution in [3.8, 4) is 0 Å². The molecule has 0 bridgehead atoms. The zero-order valence-corrected chi connectivity index (χ0v) is 13.6. The molecule has 0 saturated carbocycles. The molecule has 3 heterocycles. The lowest BCUT2D eigenvalue weighted by Gasteiger charge is -2.44. The van der Waals surface area contributed by atoms with Gasteiger partial charge in [0.25, 0.3) is 0 Å². The fourth-order valence-corrected chi connectivity index (χ4v) is 3.35. The van der Waals surface area contributed by atoms with Crippen LogP contribution in [0.4, 0.5) is 5.82 Å². The minimum Gasteiger partial charge on any atom is -0.352 e. The average Bonchev–Trinajstić information content (AvgIpc) is 3.05. The van der Waals surface area contributed by atoms with E-state index in [0.29, 0.717) is 6.04 Å². The molecule has 7 heteroatoms. The summed E-state index contributed by atoms with van der Waals surface area (Å²) in [5.74, 6) is 1.05. The molecule has 1 saturated heterocycles. The van der Waals surface area contributed by atoms with Crippen molar-refractivity contribution >= 4 is 5.82 Å². The van der Waals surface area contributed by atoms with Crippen LogP contribution >= 0.6 is 0 Å². The van der Waals surface area contributed by atoms with E-state index in [9.17, 15) is 0 Å². The number of hydrogen-bond donors (Lipinski definition) is 0. The van der Waals surface area contributed by atoms with E-state index in [1.807, 2.05) is 4.68 Å². The van der Waals surface area contributed by atoms with Crippen LogP contribution in [0.3, 0.4) is 0 Å². The van der Waals surface area contributed by atoms with Crippen LogP contribution in [0.1, 0.15) is 24.1 Å². The van der Waals surface area contributed by atoms with Crippen molar-refractivity contribution in [3.05, 3.63) is 30.0 Å². The Labute approximate surface area is 136 Å². The summed E-state index contributed by atoms with van der Waals surface area (Å²) >= 11 is 0. The lowest BCUT2D eigenvalue weighted by molar-refractivity contribution is 0.195. The standard InChI is InChI=1S/C16H23N7/c1-21(6-7-23-12-17-11-18-23)14-9-22(10-14)16-8-13-4-2-3-5-15(13)19-20-16/h8,11-12,14H,2-7,9-10H2,1H3. The summed E-state index contributed by atoms with van der Waals surface area (Å²) < 4.78 is 1.88. The first-order valence-electron chi connectivity index (χ1n) is 8.42. The maximum absolute atomic E-state index is 4.44. The summed E-state index contributed by atoms with van der Waals surface area (Å²) in [7, 11) is 2.18. The van der Waals surface area contributed by atoms with Gasteiger partial charge in [0.05, 0.1) is 12.2 Å². The van der Waals surface area contributed by atoms with Gasteiger partial charge in [-0.25, -0.2) is 4.98 Å². The largest absolute Gasteiger partial charge is 0.352 e. The third-order valence-electron chi connectivity index (χ3n) is 5.01. The molecule has 2 aromatic heterocycles. The Morgan fingerprint density at radius 2 is 2.09 bits per heavy atom. The zero-order valence-electron chi connectivity index (χ0n) is 13.6. The minimum atomic E-state index is 0.580. The van der Waals surface area contributed by atoms with Crippen LogP contribution in [0, 0.1) is 0 Å². The van der Waals surface area contributed by atoms with Crippen molar-refractivity contribution in [3.63, 3.8) is 0 Å². The summed E-state index contributed by atoms with van der Waals surface area (Å²) in [5, 5.41) is 13.0. The first kappa shape index (κ1) is 14.6. The Bertz CT molecular complexity index is 648. The van der Waals surface area contributed by atoms with Crippen molar-refractivity contribution in [1.82, 2.24) is 29.9 Å².